The Morgan fingerprint density at radius 3 is 2.29 bits per heavy atom. The van der Waals surface area contributed by atoms with Gasteiger partial charge in [-0.3, -0.25) is 19.4 Å². The Hall–Kier alpha value is -2.50. The third-order valence-electron chi connectivity index (χ3n) is 2.56. The van der Waals surface area contributed by atoms with Crippen LogP contribution in [0.1, 0.15) is 0 Å². The lowest BCUT2D eigenvalue weighted by atomic mass is 10.3. The van der Waals surface area contributed by atoms with Gasteiger partial charge in [0.2, 0.25) is 0 Å². The topological polar surface area (TPSA) is 80.6 Å². The Kier molecular flexibility index (Phi) is 1.85. The molecule has 0 saturated heterocycles. The van der Waals surface area contributed by atoms with Crippen LogP contribution in [0, 0.1) is 0 Å². The van der Waals surface area contributed by atoms with Crippen molar-refractivity contribution in [2.75, 3.05) is 0 Å². The van der Waals surface area contributed by atoms with Gasteiger partial charge in [-0.1, -0.05) is 12.1 Å². The number of nitrogens with one attached hydrogen (secondary N) is 1. The molecule has 1 aromatic carbocycles. The van der Waals surface area contributed by atoms with Gasteiger partial charge in [0.25, 0.3) is 11.1 Å². The Morgan fingerprint density at radius 2 is 1.65 bits per heavy atom. The van der Waals surface area contributed by atoms with Gasteiger partial charge in [-0.05, 0) is 12.1 Å². The molecule has 0 atom stereocenters. The molecule has 17 heavy (non-hydrogen) atoms. The maximum atomic E-state index is 11.8. The fraction of sp³-hybridized carbons (Fsp3) is 0.0909. The number of benzene rings is 1. The molecule has 3 rings (SSSR count). The zero-order valence-corrected chi connectivity index (χ0v) is 8.97. The molecule has 0 amide bonds. The highest BCUT2D eigenvalue weighted by Gasteiger charge is 2.09. The Bertz CT molecular complexity index is 847. The van der Waals surface area contributed by atoms with Crippen molar-refractivity contribution in [1.29, 1.82) is 0 Å². The van der Waals surface area contributed by atoms with Crippen LogP contribution in [0.4, 0.5) is 0 Å². The normalized spacial score (nSPS) is 11.1. The molecule has 1 N–H and O–H groups in total. The summed E-state index contributed by atoms with van der Waals surface area (Å²) in [6, 6.07) is 7.11. The lowest BCUT2D eigenvalue weighted by Crippen LogP contribution is -2.28. The minimum atomic E-state index is -0.416. The van der Waals surface area contributed by atoms with Gasteiger partial charge in [0.1, 0.15) is 0 Å². The molecule has 0 bridgehead atoms. The van der Waals surface area contributed by atoms with E-state index >= 15 is 0 Å². The van der Waals surface area contributed by atoms with Crippen molar-refractivity contribution in [3.8, 4) is 0 Å². The van der Waals surface area contributed by atoms with Gasteiger partial charge >= 0.3 is 0 Å². The second-order valence-corrected chi connectivity index (χ2v) is 3.71. The van der Waals surface area contributed by atoms with E-state index in [0.29, 0.717) is 11.0 Å². The van der Waals surface area contributed by atoms with Crippen LogP contribution in [0.2, 0.25) is 0 Å². The molecular formula is C11H8N4O2. The van der Waals surface area contributed by atoms with Crippen LogP contribution in [0.5, 0.6) is 0 Å². The monoisotopic (exact) mass is 228 g/mol. The summed E-state index contributed by atoms with van der Waals surface area (Å²) in [5.74, 6) is 0. The summed E-state index contributed by atoms with van der Waals surface area (Å²) in [5.41, 5.74) is 0.585. The number of H-pyrrole nitrogens is 1. The van der Waals surface area contributed by atoms with Crippen LogP contribution in [0.25, 0.3) is 22.1 Å². The van der Waals surface area contributed by atoms with Crippen molar-refractivity contribution in [3.05, 3.63) is 45.0 Å². The highest BCUT2D eigenvalue weighted by molar-refractivity contribution is 5.84. The molecule has 0 aliphatic rings. The minimum absolute atomic E-state index is 0.0757. The van der Waals surface area contributed by atoms with Gasteiger partial charge in [-0.25, -0.2) is 9.97 Å². The number of hydrogen-bond acceptors (Lipinski definition) is 4. The number of fused-ring (bicyclic) bond motifs is 2. The van der Waals surface area contributed by atoms with Crippen LogP contribution >= 0.6 is 0 Å². The molecular weight excluding hydrogens is 220 g/mol. The van der Waals surface area contributed by atoms with Crippen LogP contribution < -0.4 is 11.1 Å². The maximum Gasteiger partial charge on any atom is 0.293 e. The first-order chi connectivity index (χ1) is 8.16. The van der Waals surface area contributed by atoms with E-state index in [0.717, 1.165) is 4.68 Å². The average molecular weight is 228 g/mol. The Morgan fingerprint density at radius 1 is 1.06 bits per heavy atom. The van der Waals surface area contributed by atoms with Crippen molar-refractivity contribution in [2.24, 2.45) is 7.05 Å². The average Bonchev–Trinajstić information content (AvgIpc) is 2.34. The van der Waals surface area contributed by atoms with Crippen molar-refractivity contribution in [1.82, 2.24) is 19.7 Å². The second kappa shape index (κ2) is 3.24. The van der Waals surface area contributed by atoms with E-state index < -0.39 is 5.56 Å². The SMILES string of the molecule is Cn1[nH]c(=O)c2nc3ccccc3nc2c1=O. The molecule has 84 valence electrons. The summed E-state index contributed by atoms with van der Waals surface area (Å²) < 4.78 is 1.11. The van der Waals surface area contributed by atoms with Crippen molar-refractivity contribution in [2.45, 2.75) is 0 Å². The Labute approximate surface area is 94.5 Å². The van der Waals surface area contributed by atoms with Gasteiger partial charge < -0.3 is 0 Å². The van der Waals surface area contributed by atoms with Crippen molar-refractivity contribution in [3.63, 3.8) is 0 Å². The predicted molar refractivity (Wildman–Crippen MR) is 62.9 cm³/mol. The molecule has 0 aliphatic heterocycles. The van der Waals surface area contributed by atoms with E-state index in [9.17, 15) is 9.59 Å². The summed E-state index contributed by atoms with van der Waals surface area (Å²) in [6.45, 7) is 0. The fourth-order valence-corrected chi connectivity index (χ4v) is 1.72. The summed E-state index contributed by atoms with van der Waals surface area (Å²) in [5, 5.41) is 2.39. The quantitative estimate of drug-likeness (QED) is 0.556. The third-order valence-corrected chi connectivity index (χ3v) is 2.56. The van der Waals surface area contributed by atoms with E-state index in [2.05, 4.69) is 15.1 Å². The van der Waals surface area contributed by atoms with Gasteiger partial charge in [0, 0.05) is 7.05 Å². The molecule has 0 spiro atoms. The zero-order chi connectivity index (χ0) is 12.0. The number of rotatable bonds is 0. The molecule has 6 heteroatoms. The first-order valence-corrected chi connectivity index (χ1v) is 5.02. The molecule has 0 radical (unpaired) electrons. The summed E-state index contributed by atoms with van der Waals surface area (Å²) >= 11 is 0. The first-order valence-electron chi connectivity index (χ1n) is 5.02. The summed E-state index contributed by atoms with van der Waals surface area (Å²) in [6.07, 6.45) is 0. The van der Waals surface area contributed by atoms with Crippen LogP contribution in [-0.2, 0) is 7.05 Å². The first kappa shape index (κ1) is 9.71. The van der Waals surface area contributed by atoms with Gasteiger partial charge in [0.05, 0.1) is 11.0 Å². The second-order valence-electron chi connectivity index (χ2n) is 3.71. The third kappa shape index (κ3) is 1.34. The van der Waals surface area contributed by atoms with E-state index in [1.807, 2.05) is 0 Å². The van der Waals surface area contributed by atoms with E-state index in [1.165, 1.54) is 7.05 Å². The molecule has 3 aromatic rings. The van der Waals surface area contributed by atoms with Crippen LogP contribution in [0.15, 0.2) is 33.9 Å². The summed E-state index contributed by atoms with van der Waals surface area (Å²) in [4.78, 5) is 31.8. The molecule has 0 unspecified atom stereocenters. The molecule has 6 nitrogen and oxygen atoms in total. The maximum absolute atomic E-state index is 11.8. The van der Waals surface area contributed by atoms with Gasteiger partial charge in [0.15, 0.2) is 11.0 Å². The van der Waals surface area contributed by atoms with Crippen molar-refractivity contribution < 1.29 is 0 Å². The van der Waals surface area contributed by atoms with Gasteiger partial charge in [-0.2, -0.15) is 0 Å². The largest absolute Gasteiger partial charge is 0.293 e. The molecule has 0 fully saturated rings. The van der Waals surface area contributed by atoms with E-state index in [1.54, 1.807) is 24.3 Å². The smallest absolute Gasteiger partial charge is 0.266 e. The predicted octanol–water partition coefficient (Wildman–Crippen LogP) is 0.170. The highest BCUT2D eigenvalue weighted by Crippen LogP contribution is 2.10. The highest BCUT2D eigenvalue weighted by atomic mass is 16.2. The number of hydrogen-bond donors (Lipinski definition) is 1. The minimum Gasteiger partial charge on any atom is -0.266 e. The number of aryl methyl sites for hydroxylation is 1. The lowest BCUT2D eigenvalue weighted by Gasteiger charge is -2.01. The molecule has 0 aliphatic carbocycles. The lowest BCUT2D eigenvalue weighted by molar-refractivity contribution is 0.701. The number of aromatic nitrogens is 4. The number of nitrogens with zero attached hydrogens (tertiary/aromatic N) is 3. The molecule has 2 heterocycles. The van der Waals surface area contributed by atoms with E-state index in [-0.39, 0.29) is 16.6 Å². The Balaban J connectivity index is 2.65. The summed E-state index contributed by atoms with van der Waals surface area (Å²) in [7, 11) is 1.47. The molecule has 0 saturated carbocycles. The molecule has 2 aromatic heterocycles. The van der Waals surface area contributed by atoms with Gasteiger partial charge in [-0.15, -0.1) is 0 Å². The zero-order valence-electron chi connectivity index (χ0n) is 8.97. The van der Waals surface area contributed by atoms with Crippen LogP contribution in [-0.4, -0.2) is 19.7 Å². The fourth-order valence-electron chi connectivity index (χ4n) is 1.72. The van der Waals surface area contributed by atoms with Crippen LogP contribution in [0.3, 0.4) is 0 Å². The standard InChI is InChI=1S/C11H8N4O2/c1-15-11(17)9-8(10(16)14-15)12-6-4-2-3-5-7(6)13-9/h2-5H,1H3,(H,14,16). The number of para-hydroxylation sites is 2. The van der Waals surface area contributed by atoms with Crippen molar-refractivity contribution >= 4 is 22.1 Å². The number of aromatic amines is 1. The van der Waals surface area contributed by atoms with E-state index in [4.69, 9.17) is 0 Å².